The van der Waals surface area contributed by atoms with Crippen molar-refractivity contribution in [2.75, 3.05) is 19.8 Å². The van der Waals surface area contributed by atoms with E-state index in [1.54, 1.807) is 0 Å². The van der Waals surface area contributed by atoms with Gasteiger partial charge in [0, 0.05) is 6.54 Å². The van der Waals surface area contributed by atoms with Crippen LogP contribution in [0.15, 0.2) is 30.5 Å². The zero-order valence-electron chi connectivity index (χ0n) is 11.9. The Labute approximate surface area is 130 Å². The molecule has 1 aromatic heterocycles. The normalized spacial score (nSPS) is 18.0. The van der Waals surface area contributed by atoms with Gasteiger partial charge in [-0.2, -0.15) is 0 Å². The van der Waals surface area contributed by atoms with Gasteiger partial charge in [0.25, 0.3) is 5.91 Å². The summed E-state index contributed by atoms with van der Waals surface area (Å²) in [4.78, 5) is 24.9. The van der Waals surface area contributed by atoms with Gasteiger partial charge >= 0.3 is 5.97 Å². The average Bonchev–Trinajstić information content (AvgIpc) is 3.04. The highest BCUT2D eigenvalue weighted by molar-refractivity contribution is 5.95. The molecule has 23 heavy (non-hydrogen) atoms. The van der Waals surface area contributed by atoms with Crippen LogP contribution in [0.2, 0.25) is 0 Å². The summed E-state index contributed by atoms with van der Waals surface area (Å²) < 4.78 is 19.3. The molecule has 1 atom stereocenters. The fourth-order valence-electron chi connectivity index (χ4n) is 2.28. The van der Waals surface area contributed by atoms with E-state index in [-0.39, 0.29) is 31.3 Å². The van der Waals surface area contributed by atoms with Gasteiger partial charge in [0.2, 0.25) is 0 Å². The van der Waals surface area contributed by atoms with E-state index in [4.69, 9.17) is 9.84 Å². The number of carboxylic acid groups (broad SMARTS) is 1. The third-order valence-corrected chi connectivity index (χ3v) is 3.48. The summed E-state index contributed by atoms with van der Waals surface area (Å²) in [5.41, 5.74) is 0.553. The van der Waals surface area contributed by atoms with Crippen molar-refractivity contribution in [2.24, 2.45) is 0 Å². The standard InChI is InChI=1S/C14H13FN4O4/c15-9-1-3-10(4-2-9)19-7-11(16-17-19)13(20)18-5-6-23-8-12(18)14(21)22/h1-4,7,12H,5-6,8H2,(H,21,22)/t12-/m1/s1. The Morgan fingerprint density at radius 1 is 1.30 bits per heavy atom. The lowest BCUT2D eigenvalue weighted by atomic mass is 10.2. The molecule has 3 rings (SSSR count). The Morgan fingerprint density at radius 3 is 2.74 bits per heavy atom. The largest absolute Gasteiger partial charge is 0.480 e. The molecule has 0 aliphatic carbocycles. The number of nitrogens with zero attached hydrogens (tertiary/aromatic N) is 4. The number of halogens is 1. The zero-order valence-corrected chi connectivity index (χ0v) is 11.9. The summed E-state index contributed by atoms with van der Waals surface area (Å²) in [6.45, 7) is 0.369. The minimum Gasteiger partial charge on any atom is -0.480 e. The van der Waals surface area contributed by atoms with Gasteiger partial charge < -0.3 is 14.7 Å². The van der Waals surface area contributed by atoms with E-state index in [1.165, 1.54) is 40.0 Å². The molecule has 0 radical (unpaired) electrons. The van der Waals surface area contributed by atoms with E-state index >= 15 is 0 Å². The third kappa shape index (κ3) is 3.04. The van der Waals surface area contributed by atoms with Gasteiger partial charge in [0.1, 0.15) is 5.82 Å². The Hall–Kier alpha value is -2.81. The fourth-order valence-corrected chi connectivity index (χ4v) is 2.28. The van der Waals surface area contributed by atoms with Gasteiger partial charge in [0.05, 0.1) is 25.1 Å². The van der Waals surface area contributed by atoms with Gasteiger partial charge in [-0.15, -0.1) is 5.10 Å². The molecule has 0 bridgehead atoms. The maximum atomic E-state index is 12.9. The number of rotatable bonds is 3. The first-order valence-corrected chi connectivity index (χ1v) is 6.86. The highest BCUT2D eigenvalue weighted by atomic mass is 19.1. The van der Waals surface area contributed by atoms with Gasteiger partial charge in [-0.25, -0.2) is 13.9 Å². The third-order valence-electron chi connectivity index (χ3n) is 3.48. The average molecular weight is 320 g/mol. The number of benzene rings is 1. The second-order valence-electron chi connectivity index (χ2n) is 4.95. The Morgan fingerprint density at radius 2 is 2.04 bits per heavy atom. The van der Waals surface area contributed by atoms with E-state index < -0.39 is 17.9 Å². The molecule has 1 amide bonds. The van der Waals surface area contributed by atoms with Gasteiger partial charge in [-0.05, 0) is 24.3 Å². The monoisotopic (exact) mass is 320 g/mol. The van der Waals surface area contributed by atoms with Gasteiger partial charge in [-0.3, -0.25) is 4.79 Å². The van der Waals surface area contributed by atoms with Crippen LogP contribution in [-0.4, -0.2) is 62.7 Å². The molecule has 2 heterocycles. The number of carbonyl (C=O) groups excluding carboxylic acids is 1. The van der Waals surface area contributed by atoms with Crippen LogP contribution in [-0.2, 0) is 9.53 Å². The molecule has 0 spiro atoms. The molecular weight excluding hydrogens is 307 g/mol. The molecular formula is C14H13FN4O4. The fraction of sp³-hybridized carbons (Fsp3) is 0.286. The van der Waals surface area contributed by atoms with E-state index in [0.717, 1.165) is 0 Å². The highest BCUT2D eigenvalue weighted by Gasteiger charge is 2.34. The van der Waals surface area contributed by atoms with Crippen molar-refractivity contribution in [1.29, 1.82) is 0 Å². The first-order chi connectivity index (χ1) is 11.1. The minimum atomic E-state index is -1.14. The van der Waals surface area contributed by atoms with Crippen molar-refractivity contribution in [3.05, 3.63) is 42.0 Å². The summed E-state index contributed by atoms with van der Waals surface area (Å²) in [6.07, 6.45) is 1.38. The summed E-state index contributed by atoms with van der Waals surface area (Å²) in [6, 6.07) is 4.47. The summed E-state index contributed by atoms with van der Waals surface area (Å²) in [5.74, 6) is -2.05. The quantitative estimate of drug-likeness (QED) is 0.875. The number of hydrogen-bond acceptors (Lipinski definition) is 5. The second-order valence-corrected chi connectivity index (χ2v) is 4.95. The number of aliphatic carboxylic acids is 1. The van der Waals surface area contributed by atoms with Crippen LogP contribution in [0, 0.1) is 5.82 Å². The van der Waals surface area contributed by atoms with Crippen LogP contribution in [0.3, 0.4) is 0 Å². The molecule has 8 nitrogen and oxygen atoms in total. The Balaban J connectivity index is 1.83. The summed E-state index contributed by atoms with van der Waals surface area (Å²) in [7, 11) is 0. The van der Waals surface area contributed by atoms with Crippen LogP contribution in [0.1, 0.15) is 10.5 Å². The molecule has 0 unspecified atom stereocenters. The van der Waals surface area contributed by atoms with Crippen molar-refractivity contribution >= 4 is 11.9 Å². The summed E-state index contributed by atoms with van der Waals surface area (Å²) >= 11 is 0. The van der Waals surface area contributed by atoms with Crippen LogP contribution >= 0.6 is 0 Å². The molecule has 1 aliphatic heterocycles. The van der Waals surface area contributed by atoms with E-state index in [2.05, 4.69) is 10.3 Å². The lowest BCUT2D eigenvalue weighted by molar-refractivity contribution is -0.147. The second kappa shape index (κ2) is 6.13. The smallest absolute Gasteiger partial charge is 0.328 e. The molecule has 120 valence electrons. The lowest BCUT2D eigenvalue weighted by Gasteiger charge is -2.32. The molecule has 1 saturated heterocycles. The first kappa shape index (κ1) is 15.1. The van der Waals surface area contributed by atoms with Crippen LogP contribution in [0.5, 0.6) is 0 Å². The van der Waals surface area contributed by atoms with Crippen molar-refractivity contribution in [3.8, 4) is 5.69 Å². The number of hydrogen-bond donors (Lipinski definition) is 1. The van der Waals surface area contributed by atoms with Crippen molar-refractivity contribution in [2.45, 2.75) is 6.04 Å². The zero-order chi connectivity index (χ0) is 16.4. The van der Waals surface area contributed by atoms with Crippen molar-refractivity contribution < 1.29 is 23.8 Å². The topological polar surface area (TPSA) is 97.6 Å². The molecule has 0 saturated carbocycles. The number of morpholine rings is 1. The first-order valence-electron chi connectivity index (χ1n) is 6.86. The Kier molecular flexibility index (Phi) is 4.02. The molecule has 9 heteroatoms. The van der Waals surface area contributed by atoms with E-state index in [1.807, 2.05) is 0 Å². The van der Waals surface area contributed by atoms with Crippen LogP contribution < -0.4 is 0 Å². The number of amides is 1. The van der Waals surface area contributed by atoms with E-state index in [9.17, 15) is 14.0 Å². The maximum absolute atomic E-state index is 12.9. The molecule has 2 aromatic rings. The predicted molar refractivity (Wildman–Crippen MR) is 74.6 cm³/mol. The molecule has 1 aliphatic rings. The lowest BCUT2D eigenvalue weighted by Crippen LogP contribution is -2.52. The minimum absolute atomic E-state index is 0.0162. The number of aromatic nitrogens is 3. The van der Waals surface area contributed by atoms with E-state index in [0.29, 0.717) is 5.69 Å². The molecule has 1 fully saturated rings. The van der Waals surface area contributed by atoms with Crippen LogP contribution in [0.25, 0.3) is 5.69 Å². The number of carboxylic acids is 1. The highest BCUT2D eigenvalue weighted by Crippen LogP contribution is 2.13. The van der Waals surface area contributed by atoms with Crippen molar-refractivity contribution in [3.63, 3.8) is 0 Å². The van der Waals surface area contributed by atoms with Crippen LogP contribution in [0.4, 0.5) is 4.39 Å². The number of ether oxygens (including phenoxy) is 1. The van der Waals surface area contributed by atoms with Gasteiger partial charge in [0.15, 0.2) is 11.7 Å². The summed E-state index contributed by atoms with van der Waals surface area (Å²) in [5, 5.41) is 16.8. The SMILES string of the molecule is O=C(O)[C@H]1COCCN1C(=O)c1cn(-c2ccc(F)cc2)nn1. The number of carbonyl (C=O) groups is 2. The maximum Gasteiger partial charge on any atom is 0.328 e. The van der Waals surface area contributed by atoms with Crippen molar-refractivity contribution in [1.82, 2.24) is 19.9 Å². The Bertz CT molecular complexity index is 731. The van der Waals surface area contributed by atoms with Gasteiger partial charge in [-0.1, -0.05) is 5.21 Å². The molecule has 1 N–H and O–H groups in total. The molecule has 1 aromatic carbocycles. The predicted octanol–water partition coefficient (Wildman–Crippen LogP) is 0.332.